The van der Waals surface area contributed by atoms with E-state index in [4.69, 9.17) is 4.99 Å². The third kappa shape index (κ3) is 3.13. The molecule has 1 aliphatic heterocycles. The summed E-state index contributed by atoms with van der Waals surface area (Å²) in [6.07, 6.45) is 4.14. The molecular formula is C12H20N2S. The minimum absolute atomic E-state index is 0.0702. The lowest BCUT2D eigenvalue weighted by atomic mass is 10.0. The van der Waals surface area contributed by atoms with E-state index in [1.807, 2.05) is 6.08 Å². The molecule has 15 heavy (non-hydrogen) atoms. The van der Waals surface area contributed by atoms with Gasteiger partial charge in [0.05, 0.1) is 5.54 Å². The number of amidine groups is 1. The first kappa shape index (κ1) is 12.4. The second kappa shape index (κ2) is 4.88. The van der Waals surface area contributed by atoms with Crippen molar-refractivity contribution in [1.29, 1.82) is 0 Å². The lowest BCUT2D eigenvalue weighted by Crippen LogP contribution is -2.35. The predicted octanol–water partition coefficient (Wildman–Crippen LogP) is 3.28. The van der Waals surface area contributed by atoms with E-state index in [0.717, 1.165) is 17.5 Å². The van der Waals surface area contributed by atoms with Gasteiger partial charge in [0.2, 0.25) is 0 Å². The van der Waals surface area contributed by atoms with Gasteiger partial charge in [0.1, 0.15) is 0 Å². The molecule has 0 fully saturated rings. The minimum atomic E-state index is -0.0702. The number of allylic oxidation sites excluding steroid dienone is 1. The fourth-order valence-corrected chi connectivity index (χ4v) is 2.70. The number of hydrogen-bond donors (Lipinski definition) is 0. The minimum Gasteiger partial charge on any atom is -0.326 e. The molecule has 0 saturated carbocycles. The third-order valence-electron chi connectivity index (χ3n) is 2.25. The molecule has 0 aliphatic carbocycles. The first-order valence-electron chi connectivity index (χ1n) is 5.30. The zero-order valence-electron chi connectivity index (χ0n) is 10.1. The summed E-state index contributed by atoms with van der Waals surface area (Å²) < 4.78 is 0. The Kier molecular flexibility index (Phi) is 4.03. The normalized spacial score (nSPS) is 19.6. The Bertz CT molecular complexity index is 303. The molecule has 0 atom stereocenters. The molecule has 1 heterocycles. The van der Waals surface area contributed by atoms with E-state index in [1.165, 1.54) is 5.70 Å². The summed E-state index contributed by atoms with van der Waals surface area (Å²) in [5.41, 5.74) is 1.23. The van der Waals surface area contributed by atoms with Crippen LogP contribution in [0, 0.1) is 0 Å². The number of rotatable bonds is 3. The molecule has 0 bridgehead atoms. The van der Waals surface area contributed by atoms with E-state index in [2.05, 4.69) is 45.2 Å². The first-order chi connectivity index (χ1) is 7.00. The van der Waals surface area contributed by atoms with Crippen LogP contribution in [0.1, 0.15) is 27.7 Å². The van der Waals surface area contributed by atoms with Crippen LogP contribution < -0.4 is 0 Å². The molecule has 0 aromatic rings. The van der Waals surface area contributed by atoms with Crippen LogP contribution in [0.2, 0.25) is 0 Å². The molecule has 0 spiro atoms. The quantitative estimate of drug-likeness (QED) is 0.684. The smallest absolute Gasteiger partial charge is 0.164 e. The molecular weight excluding hydrogens is 204 g/mol. The lowest BCUT2D eigenvalue weighted by Gasteiger charge is -2.33. The predicted molar refractivity (Wildman–Crippen MR) is 70.3 cm³/mol. The summed E-state index contributed by atoms with van der Waals surface area (Å²) >= 11 is 1.75. The average Bonchev–Trinajstić information content (AvgIpc) is 2.12. The highest BCUT2D eigenvalue weighted by atomic mass is 32.2. The van der Waals surface area contributed by atoms with Crippen LogP contribution in [-0.2, 0) is 0 Å². The second-order valence-corrected chi connectivity index (χ2v) is 5.16. The van der Waals surface area contributed by atoms with Crippen LogP contribution in [0.5, 0.6) is 0 Å². The molecule has 1 aliphatic rings. The van der Waals surface area contributed by atoms with Crippen molar-refractivity contribution >= 4 is 16.9 Å². The van der Waals surface area contributed by atoms with Gasteiger partial charge < -0.3 is 4.90 Å². The Morgan fingerprint density at radius 2 is 2.27 bits per heavy atom. The maximum atomic E-state index is 4.74. The van der Waals surface area contributed by atoms with Crippen molar-refractivity contribution in [3.8, 4) is 0 Å². The van der Waals surface area contributed by atoms with Crippen molar-refractivity contribution in [3.63, 3.8) is 0 Å². The van der Waals surface area contributed by atoms with Crippen molar-refractivity contribution in [1.82, 2.24) is 4.90 Å². The molecule has 3 heteroatoms. The third-order valence-corrected chi connectivity index (χ3v) is 3.22. The van der Waals surface area contributed by atoms with Gasteiger partial charge >= 0.3 is 0 Å². The molecule has 0 unspecified atom stereocenters. The highest BCUT2D eigenvalue weighted by Gasteiger charge is 2.24. The number of aliphatic imine (C=N–C) groups is 1. The van der Waals surface area contributed by atoms with E-state index in [1.54, 1.807) is 11.8 Å². The lowest BCUT2D eigenvalue weighted by molar-refractivity contribution is 0.497. The van der Waals surface area contributed by atoms with Gasteiger partial charge in [-0.15, -0.1) is 6.58 Å². The van der Waals surface area contributed by atoms with Gasteiger partial charge in [-0.2, -0.15) is 0 Å². The molecule has 1 rings (SSSR count). The van der Waals surface area contributed by atoms with Crippen LogP contribution >= 0.6 is 11.8 Å². The topological polar surface area (TPSA) is 15.6 Å². The van der Waals surface area contributed by atoms with Gasteiger partial charge in [0, 0.05) is 18.0 Å². The first-order valence-corrected chi connectivity index (χ1v) is 6.29. The number of nitrogens with zero attached hydrogens (tertiary/aromatic N) is 2. The Morgan fingerprint density at radius 3 is 2.80 bits per heavy atom. The molecule has 0 N–H and O–H groups in total. The number of thioether (sulfide) groups is 1. The fraction of sp³-hybridized carbons (Fsp3) is 0.583. The zero-order chi connectivity index (χ0) is 11.5. The average molecular weight is 224 g/mol. The van der Waals surface area contributed by atoms with Crippen LogP contribution in [0.15, 0.2) is 29.4 Å². The van der Waals surface area contributed by atoms with Gasteiger partial charge in [0.25, 0.3) is 0 Å². The standard InChI is InChI=1S/C12H20N2S/c1-6-8-15-11-13-12(4,5)9-10(3)14(11)7-2/h6,9H,1,7-8H2,2-5H3. The maximum Gasteiger partial charge on any atom is 0.164 e. The van der Waals surface area contributed by atoms with Crippen LogP contribution in [-0.4, -0.2) is 27.9 Å². The number of hydrogen-bond acceptors (Lipinski definition) is 3. The summed E-state index contributed by atoms with van der Waals surface area (Å²) in [5.74, 6) is 0.915. The molecule has 0 aromatic carbocycles. The van der Waals surface area contributed by atoms with E-state index in [9.17, 15) is 0 Å². The van der Waals surface area contributed by atoms with Gasteiger partial charge in [0.15, 0.2) is 5.17 Å². The van der Waals surface area contributed by atoms with E-state index < -0.39 is 0 Å². The largest absolute Gasteiger partial charge is 0.326 e. The van der Waals surface area contributed by atoms with Crippen molar-refractivity contribution < 1.29 is 0 Å². The van der Waals surface area contributed by atoms with Crippen molar-refractivity contribution in [2.75, 3.05) is 12.3 Å². The van der Waals surface area contributed by atoms with E-state index in [-0.39, 0.29) is 5.54 Å². The summed E-state index contributed by atoms with van der Waals surface area (Å²) in [5, 5.41) is 1.11. The highest BCUT2D eigenvalue weighted by Crippen LogP contribution is 2.26. The molecule has 2 nitrogen and oxygen atoms in total. The molecule has 0 aromatic heterocycles. The Labute approximate surface area is 97.1 Å². The fourth-order valence-electron chi connectivity index (χ4n) is 1.71. The van der Waals surface area contributed by atoms with Gasteiger partial charge in [-0.25, -0.2) is 0 Å². The molecule has 84 valence electrons. The Balaban J connectivity index is 2.89. The zero-order valence-corrected chi connectivity index (χ0v) is 10.9. The van der Waals surface area contributed by atoms with Crippen LogP contribution in [0.4, 0.5) is 0 Å². The Hall–Kier alpha value is -0.700. The van der Waals surface area contributed by atoms with Gasteiger partial charge in [-0.05, 0) is 33.8 Å². The highest BCUT2D eigenvalue weighted by molar-refractivity contribution is 8.13. The van der Waals surface area contributed by atoms with E-state index in [0.29, 0.717) is 0 Å². The van der Waals surface area contributed by atoms with Crippen LogP contribution in [0.25, 0.3) is 0 Å². The summed E-state index contributed by atoms with van der Waals surface area (Å²) in [4.78, 5) is 6.99. The van der Waals surface area contributed by atoms with E-state index >= 15 is 0 Å². The van der Waals surface area contributed by atoms with Crippen molar-refractivity contribution in [2.24, 2.45) is 4.99 Å². The summed E-state index contributed by atoms with van der Waals surface area (Å²) in [6.45, 7) is 13.3. The van der Waals surface area contributed by atoms with Crippen molar-refractivity contribution in [3.05, 3.63) is 24.4 Å². The SMILES string of the molecule is C=CCSC1=NC(C)(C)C=C(C)N1CC. The monoisotopic (exact) mass is 224 g/mol. The maximum absolute atomic E-state index is 4.74. The van der Waals surface area contributed by atoms with Gasteiger partial charge in [-0.3, -0.25) is 4.99 Å². The van der Waals surface area contributed by atoms with Crippen LogP contribution in [0.3, 0.4) is 0 Å². The summed E-state index contributed by atoms with van der Waals surface area (Å²) in [6, 6.07) is 0. The molecule has 0 radical (unpaired) electrons. The molecule has 0 saturated heterocycles. The summed E-state index contributed by atoms with van der Waals surface area (Å²) in [7, 11) is 0. The molecule has 0 amide bonds. The second-order valence-electron chi connectivity index (χ2n) is 4.18. The van der Waals surface area contributed by atoms with Crippen molar-refractivity contribution in [2.45, 2.75) is 33.2 Å². The Morgan fingerprint density at radius 1 is 1.60 bits per heavy atom. The van der Waals surface area contributed by atoms with Gasteiger partial charge in [-0.1, -0.05) is 17.8 Å².